The Bertz CT molecular complexity index is 768. The quantitative estimate of drug-likeness (QED) is 0.866. The van der Waals surface area contributed by atoms with Crippen LogP contribution in [0.1, 0.15) is 32.1 Å². The van der Waals surface area contributed by atoms with Gasteiger partial charge in [0.15, 0.2) is 5.43 Å². The van der Waals surface area contributed by atoms with E-state index in [-0.39, 0.29) is 11.0 Å². The van der Waals surface area contributed by atoms with E-state index in [1.807, 2.05) is 39.0 Å². The van der Waals surface area contributed by atoms with E-state index >= 15 is 0 Å². The molecule has 21 heavy (non-hydrogen) atoms. The standard InChI is InChI=1S/C17H18O4/c1-4-19-10-11-9-14(18)12-5-6-15-13(16(12)20-11)7-8-17(2,3)21-15/h5-9H,4,10H2,1-3H3. The molecule has 0 unspecified atom stereocenters. The molecule has 0 bridgehead atoms. The Morgan fingerprint density at radius 2 is 2.10 bits per heavy atom. The zero-order valence-corrected chi connectivity index (χ0v) is 12.4. The van der Waals surface area contributed by atoms with Gasteiger partial charge in [-0.05, 0) is 45.1 Å². The molecule has 0 amide bonds. The van der Waals surface area contributed by atoms with Gasteiger partial charge in [-0.2, -0.15) is 0 Å². The van der Waals surface area contributed by atoms with E-state index in [0.29, 0.717) is 29.9 Å². The number of benzene rings is 1. The summed E-state index contributed by atoms with van der Waals surface area (Å²) < 4.78 is 17.1. The topological polar surface area (TPSA) is 48.7 Å². The van der Waals surface area contributed by atoms with E-state index < -0.39 is 0 Å². The van der Waals surface area contributed by atoms with Crippen LogP contribution >= 0.6 is 0 Å². The van der Waals surface area contributed by atoms with Crippen LogP contribution in [0.3, 0.4) is 0 Å². The maximum Gasteiger partial charge on any atom is 0.193 e. The summed E-state index contributed by atoms with van der Waals surface area (Å²) in [5.74, 6) is 1.26. The van der Waals surface area contributed by atoms with Gasteiger partial charge in [-0.25, -0.2) is 0 Å². The molecule has 0 saturated carbocycles. The van der Waals surface area contributed by atoms with Crippen LogP contribution in [0.4, 0.5) is 0 Å². The van der Waals surface area contributed by atoms with Crippen molar-refractivity contribution < 1.29 is 13.9 Å². The van der Waals surface area contributed by atoms with Gasteiger partial charge in [0.05, 0.1) is 10.9 Å². The Kier molecular flexibility index (Phi) is 3.33. The van der Waals surface area contributed by atoms with E-state index in [9.17, 15) is 4.79 Å². The monoisotopic (exact) mass is 286 g/mol. The highest BCUT2D eigenvalue weighted by Crippen LogP contribution is 2.35. The van der Waals surface area contributed by atoms with Crippen LogP contribution in [0.2, 0.25) is 0 Å². The molecule has 0 N–H and O–H groups in total. The van der Waals surface area contributed by atoms with Crippen LogP contribution in [-0.2, 0) is 11.3 Å². The van der Waals surface area contributed by atoms with Crippen LogP contribution in [0.15, 0.2) is 33.5 Å². The fraction of sp³-hybridized carbons (Fsp3) is 0.353. The average Bonchev–Trinajstić information content (AvgIpc) is 2.43. The van der Waals surface area contributed by atoms with Crippen molar-refractivity contribution in [2.24, 2.45) is 0 Å². The van der Waals surface area contributed by atoms with E-state index in [1.54, 1.807) is 6.07 Å². The third-order valence-electron chi connectivity index (χ3n) is 3.42. The van der Waals surface area contributed by atoms with E-state index in [0.717, 1.165) is 11.3 Å². The SMILES string of the molecule is CCOCc1cc(=O)c2ccc3c(c2o1)C=CC(C)(C)O3. The number of rotatable bonds is 3. The molecule has 1 aliphatic heterocycles. The predicted molar refractivity (Wildman–Crippen MR) is 81.6 cm³/mol. The van der Waals surface area contributed by atoms with Gasteiger partial charge >= 0.3 is 0 Å². The van der Waals surface area contributed by atoms with Crippen LogP contribution in [0, 0.1) is 0 Å². The van der Waals surface area contributed by atoms with Gasteiger partial charge in [-0.15, -0.1) is 0 Å². The number of hydrogen-bond acceptors (Lipinski definition) is 4. The van der Waals surface area contributed by atoms with Gasteiger partial charge in [0, 0.05) is 12.7 Å². The molecule has 2 heterocycles. The van der Waals surface area contributed by atoms with Crippen molar-refractivity contribution in [2.75, 3.05) is 6.61 Å². The van der Waals surface area contributed by atoms with E-state index in [1.165, 1.54) is 6.07 Å². The first-order valence-electron chi connectivity index (χ1n) is 7.06. The first-order valence-corrected chi connectivity index (χ1v) is 7.06. The highest BCUT2D eigenvalue weighted by atomic mass is 16.5. The van der Waals surface area contributed by atoms with Crippen molar-refractivity contribution in [1.82, 2.24) is 0 Å². The van der Waals surface area contributed by atoms with Gasteiger partial charge in [-0.3, -0.25) is 4.79 Å². The molecule has 0 aliphatic carbocycles. The summed E-state index contributed by atoms with van der Waals surface area (Å²) in [7, 11) is 0. The molecule has 4 heteroatoms. The second kappa shape index (κ2) is 5.04. The van der Waals surface area contributed by atoms with Gasteiger partial charge < -0.3 is 13.9 Å². The van der Waals surface area contributed by atoms with Crippen LogP contribution < -0.4 is 10.2 Å². The Labute approximate surface area is 123 Å². The number of fused-ring (bicyclic) bond motifs is 3. The molecule has 0 fully saturated rings. The minimum absolute atomic E-state index is 0.0630. The van der Waals surface area contributed by atoms with Crippen molar-refractivity contribution in [3.8, 4) is 5.75 Å². The summed E-state index contributed by atoms with van der Waals surface area (Å²) in [6.07, 6.45) is 3.92. The minimum Gasteiger partial charge on any atom is -0.483 e. The van der Waals surface area contributed by atoms with Gasteiger partial charge in [0.2, 0.25) is 0 Å². The van der Waals surface area contributed by atoms with Gasteiger partial charge in [-0.1, -0.05) is 0 Å². The molecule has 0 atom stereocenters. The van der Waals surface area contributed by atoms with Crippen molar-refractivity contribution in [3.05, 3.63) is 45.8 Å². The average molecular weight is 286 g/mol. The molecule has 1 aromatic heterocycles. The maximum atomic E-state index is 12.2. The molecular formula is C17H18O4. The largest absolute Gasteiger partial charge is 0.483 e. The molecule has 0 saturated heterocycles. The van der Waals surface area contributed by atoms with Crippen LogP contribution in [0.25, 0.3) is 17.0 Å². The van der Waals surface area contributed by atoms with Crippen LogP contribution in [-0.4, -0.2) is 12.2 Å². The summed E-state index contributed by atoms with van der Waals surface area (Å²) in [5.41, 5.74) is 0.944. The molecule has 4 nitrogen and oxygen atoms in total. The molecule has 1 aromatic carbocycles. The smallest absolute Gasteiger partial charge is 0.193 e. The molecule has 0 spiro atoms. The minimum atomic E-state index is -0.357. The lowest BCUT2D eigenvalue weighted by Gasteiger charge is -2.27. The maximum absolute atomic E-state index is 12.2. The molecule has 1 aliphatic rings. The fourth-order valence-corrected chi connectivity index (χ4v) is 2.39. The highest BCUT2D eigenvalue weighted by Gasteiger charge is 2.24. The first kappa shape index (κ1) is 13.9. The lowest BCUT2D eigenvalue weighted by Crippen LogP contribution is -2.27. The zero-order chi connectivity index (χ0) is 15.0. The van der Waals surface area contributed by atoms with Gasteiger partial charge in [0.1, 0.15) is 29.3 Å². The predicted octanol–water partition coefficient (Wildman–Crippen LogP) is 3.51. The Morgan fingerprint density at radius 3 is 2.86 bits per heavy atom. The second-order valence-corrected chi connectivity index (χ2v) is 5.61. The van der Waals surface area contributed by atoms with E-state index in [4.69, 9.17) is 13.9 Å². The Balaban J connectivity index is 2.18. The summed E-state index contributed by atoms with van der Waals surface area (Å²) in [6, 6.07) is 5.06. The normalized spacial score (nSPS) is 15.8. The molecule has 0 radical (unpaired) electrons. The van der Waals surface area contributed by atoms with Crippen molar-refractivity contribution in [1.29, 1.82) is 0 Å². The Hall–Kier alpha value is -2.07. The van der Waals surface area contributed by atoms with Crippen molar-refractivity contribution >= 4 is 17.0 Å². The summed E-state index contributed by atoms with van der Waals surface area (Å²) in [4.78, 5) is 12.2. The lowest BCUT2D eigenvalue weighted by molar-refractivity contribution is 0.118. The zero-order valence-electron chi connectivity index (χ0n) is 12.4. The number of ether oxygens (including phenoxy) is 2. The van der Waals surface area contributed by atoms with Crippen molar-refractivity contribution in [2.45, 2.75) is 33.0 Å². The van der Waals surface area contributed by atoms with E-state index in [2.05, 4.69) is 0 Å². The fourth-order valence-electron chi connectivity index (χ4n) is 2.39. The first-order chi connectivity index (χ1) is 10.00. The molecule has 3 rings (SSSR count). The van der Waals surface area contributed by atoms with Gasteiger partial charge in [0.25, 0.3) is 0 Å². The second-order valence-electron chi connectivity index (χ2n) is 5.61. The molecule has 2 aromatic rings. The summed E-state index contributed by atoms with van der Waals surface area (Å²) in [6.45, 7) is 6.74. The third kappa shape index (κ3) is 2.59. The number of hydrogen-bond donors (Lipinski definition) is 0. The molecular weight excluding hydrogens is 268 g/mol. The molecule has 110 valence electrons. The Morgan fingerprint density at radius 1 is 1.29 bits per heavy atom. The summed E-state index contributed by atoms with van der Waals surface area (Å²) >= 11 is 0. The summed E-state index contributed by atoms with van der Waals surface area (Å²) in [5, 5.41) is 0.557. The lowest BCUT2D eigenvalue weighted by atomic mass is 10.0. The third-order valence-corrected chi connectivity index (χ3v) is 3.42. The van der Waals surface area contributed by atoms with Crippen molar-refractivity contribution in [3.63, 3.8) is 0 Å². The highest BCUT2D eigenvalue weighted by molar-refractivity contribution is 5.89. The van der Waals surface area contributed by atoms with Crippen LogP contribution in [0.5, 0.6) is 5.75 Å².